The average Bonchev–Trinajstić information content (AvgIpc) is 3.40. The lowest BCUT2D eigenvalue weighted by molar-refractivity contribution is -0.143. The molecular formula is C35H34N2O3. The van der Waals surface area contributed by atoms with E-state index in [9.17, 15) is 4.79 Å². The molecule has 5 aromatic rings. The van der Waals surface area contributed by atoms with E-state index in [-0.39, 0.29) is 5.97 Å². The van der Waals surface area contributed by atoms with Crippen molar-refractivity contribution in [3.63, 3.8) is 0 Å². The van der Waals surface area contributed by atoms with Crippen LogP contribution in [-0.4, -0.2) is 29.5 Å². The number of aryl methyl sites for hydroxylation is 1. The van der Waals surface area contributed by atoms with Gasteiger partial charge >= 0.3 is 5.97 Å². The van der Waals surface area contributed by atoms with Crippen LogP contribution in [0.3, 0.4) is 0 Å². The van der Waals surface area contributed by atoms with E-state index >= 15 is 0 Å². The maximum atomic E-state index is 11.9. The Morgan fingerprint density at radius 3 is 2.25 bits per heavy atom. The van der Waals surface area contributed by atoms with Crippen LogP contribution in [0.25, 0.3) is 39.2 Å². The van der Waals surface area contributed by atoms with Crippen molar-refractivity contribution in [3.05, 3.63) is 114 Å². The number of esters is 1. The molecule has 0 bridgehead atoms. The standard InChI is InChI=1S/C35H34N2O3/c1-4-31-34(26-13-7-6-8-14-26)35(27-19-21-29(39-3)22-20-27)36-37(31)32-17-10-9-16-30(32)28-15-11-12-25(24-28)18-23-33(38)40-5-2/h6-17,19-22,24H,4-5,18,23H2,1-3H3. The first-order valence-electron chi connectivity index (χ1n) is 13.8. The van der Waals surface area contributed by atoms with Crippen molar-refractivity contribution in [3.8, 4) is 44.9 Å². The Hall–Kier alpha value is -4.64. The molecule has 0 saturated heterocycles. The number of nitrogens with zero attached hydrogens (tertiary/aromatic N) is 2. The third kappa shape index (κ3) is 5.69. The molecule has 0 N–H and O–H groups in total. The Balaban J connectivity index is 1.63. The summed E-state index contributed by atoms with van der Waals surface area (Å²) in [6.07, 6.45) is 1.81. The highest BCUT2D eigenvalue weighted by Crippen LogP contribution is 2.38. The van der Waals surface area contributed by atoms with Crippen LogP contribution in [0.4, 0.5) is 0 Å². The van der Waals surface area contributed by atoms with Gasteiger partial charge in [0.15, 0.2) is 0 Å². The largest absolute Gasteiger partial charge is 0.497 e. The van der Waals surface area contributed by atoms with Gasteiger partial charge in [0.1, 0.15) is 11.4 Å². The van der Waals surface area contributed by atoms with Gasteiger partial charge in [-0.1, -0.05) is 79.7 Å². The molecule has 0 aliphatic rings. The van der Waals surface area contributed by atoms with Gasteiger partial charge in [-0.25, -0.2) is 4.68 Å². The lowest BCUT2D eigenvalue weighted by Gasteiger charge is -2.14. The van der Waals surface area contributed by atoms with Crippen molar-refractivity contribution in [2.45, 2.75) is 33.1 Å². The molecule has 0 unspecified atom stereocenters. The molecule has 1 aromatic heterocycles. The van der Waals surface area contributed by atoms with Crippen LogP contribution < -0.4 is 4.74 Å². The average molecular weight is 531 g/mol. The minimum Gasteiger partial charge on any atom is -0.497 e. The lowest BCUT2D eigenvalue weighted by atomic mass is 9.97. The molecule has 0 saturated carbocycles. The Bertz CT molecular complexity index is 1590. The number of benzene rings is 4. The maximum absolute atomic E-state index is 11.9. The highest BCUT2D eigenvalue weighted by molar-refractivity contribution is 5.84. The van der Waals surface area contributed by atoms with E-state index in [1.807, 2.05) is 25.1 Å². The lowest BCUT2D eigenvalue weighted by Crippen LogP contribution is -2.05. The van der Waals surface area contributed by atoms with E-state index in [1.165, 1.54) is 0 Å². The zero-order chi connectivity index (χ0) is 27.9. The predicted molar refractivity (Wildman–Crippen MR) is 161 cm³/mol. The van der Waals surface area contributed by atoms with Gasteiger partial charge in [0.25, 0.3) is 0 Å². The van der Waals surface area contributed by atoms with Gasteiger partial charge in [-0.05, 0) is 66.8 Å². The zero-order valence-corrected chi connectivity index (χ0v) is 23.3. The first kappa shape index (κ1) is 26.9. The Labute approximate surface area is 236 Å². The Kier molecular flexibility index (Phi) is 8.41. The van der Waals surface area contributed by atoms with E-state index < -0.39 is 0 Å². The van der Waals surface area contributed by atoms with Crippen molar-refractivity contribution in [2.75, 3.05) is 13.7 Å². The van der Waals surface area contributed by atoms with Crippen LogP contribution in [-0.2, 0) is 22.4 Å². The second-order valence-corrected chi connectivity index (χ2v) is 9.55. The van der Waals surface area contributed by atoms with Crippen molar-refractivity contribution in [1.29, 1.82) is 0 Å². The van der Waals surface area contributed by atoms with Crippen molar-refractivity contribution < 1.29 is 14.3 Å². The number of para-hydroxylation sites is 1. The summed E-state index contributed by atoms with van der Waals surface area (Å²) in [5, 5.41) is 5.26. The highest BCUT2D eigenvalue weighted by atomic mass is 16.5. The van der Waals surface area contributed by atoms with E-state index in [4.69, 9.17) is 14.6 Å². The summed E-state index contributed by atoms with van der Waals surface area (Å²) in [4.78, 5) is 11.9. The van der Waals surface area contributed by atoms with Gasteiger partial charge in [-0.2, -0.15) is 5.10 Å². The van der Waals surface area contributed by atoms with Crippen molar-refractivity contribution in [2.24, 2.45) is 0 Å². The Morgan fingerprint density at radius 2 is 1.52 bits per heavy atom. The molecule has 0 amide bonds. The van der Waals surface area contributed by atoms with Crippen LogP contribution in [0.15, 0.2) is 103 Å². The third-order valence-corrected chi connectivity index (χ3v) is 7.04. The number of carbonyl (C=O) groups is 1. The van der Waals surface area contributed by atoms with Crippen LogP contribution in [0, 0.1) is 0 Å². The number of hydrogen-bond donors (Lipinski definition) is 0. The first-order valence-corrected chi connectivity index (χ1v) is 13.8. The number of hydrogen-bond acceptors (Lipinski definition) is 4. The molecule has 0 radical (unpaired) electrons. The fourth-order valence-corrected chi connectivity index (χ4v) is 5.11. The van der Waals surface area contributed by atoms with Gasteiger partial charge in [0.2, 0.25) is 0 Å². The normalized spacial score (nSPS) is 10.9. The minimum absolute atomic E-state index is 0.170. The van der Waals surface area contributed by atoms with Crippen molar-refractivity contribution in [1.82, 2.24) is 9.78 Å². The first-order chi connectivity index (χ1) is 19.6. The maximum Gasteiger partial charge on any atom is 0.306 e. The van der Waals surface area contributed by atoms with E-state index in [2.05, 4.69) is 96.5 Å². The molecule has 0 fully saturated rings. The molecule has 0 spiro atoms. The third-order valence-electron chi connectivity index (χ3n) is 7.04. The quantitative estimate of drug-likeness (QED) is 0.172. The van der Waals surface area contributed by atoms with Crippen LogP contribution in [0.5, 0.6) is 5.75 Å². The van der Waals surface area contributed by atoms with Crippen LogP contribution in [0.2, 0.25) is 0 Å². The van der Waals surface area contributed by atoms with Crippen molar-refractivity contribution >= 4 is 5.97 Å². The van der Waals surface area contributed by atoms with Crippen LogP contribution in [0.1, 0.15) is 31.5 Å². The second-order valence-electron chi connectivity index (χ2n) is 9.55. The van der Waals surface area contributed by atoms with Crippen LogP contribution >= 0.6 is 0 Å². The predicted octanol–water partition coefficient (Wildman–Crippen LogP) is 7.94. The molecule has 5 heteroatoms. The molecule has 40 heavy (non-hydrogen) atoms. The van der Waals surface area contributed by atoms with Gasteiger partial charge in [0, 0.05) is 23.1 Å². The minimum atomic E-state index is -0.170. The summed E-state index contributed by atoms with van der Waals surface area (Å²) < 4.78 is 12.6. The fraction of sp³-hybridized carbons (Fsp3) is 0.200. The number of methoxy groups -OCH3 is 1. The SMILES string of the molecule is CCOC(=O)CCc1cccc(-c2ccccc2-n2nc(-c3ccc(OC)cc3)c(-c3ccccc3)c2CC)c1. The number of aromatic nitrogens is 2. The molecule has 5 rings (SSSR count). The summed E-state index contributed by atoms with van der Waals surface area (Å²) in [6.45, 7) is 4.41. The molecule has 0 aliphatic heterocycles. The van der Waals surface area contributed by atoms with Gasteiger partial charge in [0.05, 0.1) is 25.1 Å². The topological polar surface area (TPSA) is 53.4 Å². The van der Waals surface area contributed by atoms with Gasteiger partial charge in [-0.15, -0.1) is 0 Å². The number of carbonyl (C=O) groups excluding carboxylic acids is 1. The second kappa shape index (κ2) is 12.5. The molecule has 0 atom stereocenters. The smallest absolute Gasteiger partial charge is 0.306 e. The molecular weight excluding hydrogens is 496 g/mol. The van der Waals surface area contributed by atoms with E-state index in [1.54, 1.807) is 7.11 Å². The number of ether oxygens (including phenoxy) is 2. The van der Waals surface area contributed by atoms with E-state index in [0.29, 0.717) is 19.4 Å². The summed E-state index contributed by atoms with van der Waals surface area (Å²) in [5.41, 5.74) is 9.65. The molecule has 5 nitrogen and oxygen atoms in total. The highest BCUT2D eigenvalue weighted by Gasteiger charge is 2.22. The van der Waals surface area contributed by atoms with E-state index in [0.717, 1.165) is 62.6 Å². The molecule has 4 aromatic carbocycles. The molecule has 202 valence electrons. The monoisotopic (exact) mass is 530 g/mol. The Morgan fingerprint density at radius 1 is 0.800 bits per heavy atom. The summed E-state index contributed by atoms with van der Waals surface area (Å²) in [7, 11) is 1.68. The number of rotatable bonds is 10. The molecule has 0 aliphatic carbocycles. The molecule has 1 heterocycles. The zero-order valence-electron chi connectivity index (χ0n) is 23.3. The summed E-state index contributed by atoms with van der Waals surface area (Å²) >= 11 is 0. The van der Waals surface area contributed by atoms with Gasteiger partial charge < -0.3 is 9.47 Å². The van der Waals surface area contributed by atoms with Gasteiger partial charge in [-0.3, -0.25) is 4.79 Å². The fourth-order valence-electron chi connectivity index (χ4n) is 5.11. The summed E-state index contributed by atoms with van der Waals surface area (Å²) in [6, 6.07) is 35.3. The summed E-state index contributed by atoms with van der Waals surface area (Å²) in [5.74, 6) is 0.644.